The van der Waals surface area contributed by atoms with Crippen LogP contribution in [0.1, 0.15) is 83.3 Å². The van der Waals surface area contributed by atoms with Crippen molar-refractivity contribution in [2.24, 2.45) is 0 Å². The summed E-state index contributed by atoms with van der Waals surface area (Å²) in [6, 6.07) is 15.7. The zero-order valence-corrected chi connectivity index (χ0v) is 34.6. The van der Waals surface area contributed by atoms with Gasteiger partial charge < -0.3 is 20.1 Å². The number of hydrogen-bond acceptors (Lipinski definition) is 6. The second-order valence-corrected chi connectivity index (χ2v) is 14.4. The van der Waals surface area contributed by atoms with E-state index in [4.69, 9.17) is 9.47 Å². The molecule has 1 atom stereocenters. The smallest absolute Gasteiger partial charge is 0.262 e. The highest BCUT2D eigenvalue weighted by atomic mass is 19.1. The van der Waals surface area contributed by atoms with Crippen LogP contribution in [0.4, 0.5) is 17.6 Å². The van der Waals surface area contributed by atoms with Crippen molar-refractivity contribution in [1.29, 1.82) is 0 Å². The fourth-order valence-electron chi connectivity index (χ4n) is 6.90. The van der Waals surface area contributed by atoms with Crippen molar-refractivity contribution in [3.05, 3.63) is 130 Å². The van der Waals surface area contributed by atoms with Gasteiger partial charge in [0.25, 0.3) is 11.8 Å². The van der Waals surface area contributed by atoms with E-state index < -0.39 is 35.1 Å². The van der Waals surface area contributed by atoms with E-state index in [9.17, 15) is 36.7 Å². The predicted molar refractivity (Wildman–Crippen MR) is 222 cm³/mol. The average Bonchev–Trinajstić information content (AvgIpc) is 3.63. The van der Waals surface area contributed by atoms with E-state index in [2.05, 4.69) is 10.6 Å². The molecule has 2 amide bonds. The second kappa shape index (κ2) is 19.5. The maximum Gasteiger partial charge on any atom is 0.262 e. The fourth-order valence-corrected chi connectivity index (χ4v) is 6.90. The molecule has 0 radical (unpaired) electrons. The molecular formula is C46H48F4N4O6. The van der Waals surface area contributed by atoms with Crippen LogP contribution in [-0.2, 0) is 22.4 Å². The van der Waals surface area contributed by atoms with E-state index in [-0.39, 0.29) is 53.3 Å². The molecule has 0 bridgehead atoms. The van der Waals surface area contributed by atoms with Gasteiger partial charge in [0.05, 0.1) is 38.1 Å². The van der Waals surface area contributed by atoms with Crippen molar-refractivity contribution < 1.29 is 46.2 Å². The molecule has 6 aromatic rings. The quantitative estimate of drug-likeness (QED) is 0.0888. The van der Waals surface area contributed by atoms with Crippen LogP contribution in [0.2, 0.25) is 0 Å². The van der Waals surface area contributed by atoms with Gasteiger partial charge in [-0.15, -0.1) is 0 Å². The Morgan fingerprint density at radius 2 is 1.07 bits per heavy atom. The average molecular weight is 829 g/mol. The number of hydrogen-bond donors (Lipinski definition) is 2. The molecule has 2 aromatic heterocycles. The highest BCUT2D eigenvalue weighted by Gasteiger charge is 2.25. The van der Waals surface area contributed by atoms with Gasteiger partial charge in [0, 0.05) is 58.0 Å². The molecule has 2 N–H and O–H groups in total. The topological polar surface area (TPSA) is 121 Å². The number of amides is 2. The Hall–Kier alpha value is -6.44. The number of rotatable bonds is 13. The van der Waals surface area contributed by atoms with E-state index >= 15 is 0 Å². The van der Waals surface area contributed by atoms with E-state index in [1.807, 2.05) is 20.8 Å². The minimum atomic E-state index is -0.619. The molecule has 1 unspecified atom stereocenters. The van der Waals surface area contributed by atoms with Crippen molar-refractivity contribution in [2.45, 2.75) is 72.8 Å². The predicted octanol–water partition coefficient (Wildman–Crippen LogP) is 8.77. The van der Waals surface area contributed by atoms with E-state index in [0.29, 0.717) is 50.9 Å². The van der Waals surface area contributed by atoms with Gasteiger partial charge in [0.1, 0.15) is 11.6 Å². The number of nitrogens with zero attached hydrogens (tertiary/aromatic N) is 2. The first kappa shape index (κ1) is 44.7. The number of carbonyl (C=O) groups excluding carboxylic acids is 4. The Balaban J connectivity index is 0.000000228. The first-order chi connectivity index (χ1) is 28.6. The molecule has 4 aromatic carbocycles. The van der Waals surface area contributed by atoms with Gasteiger partial charge >= 0.3 is 0 Å². The third-order valence-corrected chi connectivity index (χ3v) is 10.4. The molecular weight excluding hydrogens is 781 g/mol. The van der Waals surface area contributed by atoms with Crippen molar-refractivity contribution in [2.75, 3.05) is 20.8 Å². The molecule has 6 rings (SSSR count). The van der Waals surface area contributed by atoms with Gasteiger partial charge in [0.2, 0.25) is 11.8 Å². The summed E-state index contributed by atoms with van der Waals surface area (Å²) in [7, 11) is 2.71. The molecule has 0 aliphatic carbocycles. The number of nitrogens with one attached hydrogen (secondary N) is 2. The lowest BCUT2D eigenvalue weighted by Crippen LogP contribution is -2.33. The highest BCUT2D eigenvalue weighted by Crippen LogP contribution is 2.34. The monoisotopic (exact) mass is 828 g/mol. The van der Waals surface area contributed by atoms with Crippen LogP contribution in [0, 0.1) is 37.1 Å². The molecule has 0 aliphatic heterocycles. The van der Waals surface area contributed by atoms with E-state index in [1.165, 1.54) is 96.2 Å². The van der Waals surface area contributed by atoms with Crippen LogP contribution in [-0.4, -0.2) is 59.6 Å². The maximum atomic E-state index is 14.5. The normalized spacial score (nSPS) is 11.5. The number of aromatic nitrogens is 2. The lowest BCUT2D eigenvalue weighted by Gasteiger charge is -2.12. The Morgan fingerprint density at radius 1 is 0.650 bits per heavy atom. The minimum absolute atomic E-state index is 0.0129. The summed E-state index contributed by atoms with van der Waals surface area (Å²) in [4.78, 5) is 51.3. The number of carbonyl (C=O) groups is 4. The molecule has 0 saturated heterocycles. The second-order valence-electron chi connectivity index (χ2n) is 14.4. The first-order valence-electron chi connectivity index (χ1n) is 19.5. The maximum absolute atomic E-state index is 14.5. The Labute approximate surface area is 345 Å². The molecule has 60 heavy (non-hydrogen) atoms. The summed E-state index contributed by atoms with van der Waals surface area (Å²) < 4.78 is 68.4. The zero-order chi connectivity index (χ0) is 43.8. The zero-order valence-electron chi connectivity index (χ0n) is 34.6. The lowest BCUT2D eigenvalue weighted by atomic mass is 10.1. The SMILES string of the molecule is CCC(C)NC(=O)Cc1c(C)n(C(=O)c2ccc(F)cc2)c2cc(F)c(OC)cc12.CCCCNC(=O)Cc1c(C)n(C(=O)c2ccc(F)cc2)c2cc(F)c(OC)cc12. The molecule has 0 aliphatic rings. The summed E-state index contributed by atoms with van der Waals surface area (Å²) in [5, 5.41) is 6.88. The summed E-state index contributed by atoms with van der Waals surface area (Å²) in [5.74, 6) is -3.33. The molecule has 316 valence electrons. The van der Waals surface area contributed by atoms with Crippen molar-refractivity contribution in [3.8, 4) is 11.5 Å². The largest absolute Gasteiger partial charge is 0.494 e. The standard InChI is InChI=1S/2C23H24F2N2O3/c1-5-13(2)26-22(28)11-17-14(3)27(23(29)15-6-8-16(24)9-7-15)20-12-19(25)21(30-4)10-18(17)20;1-4-5-10-26-22(28)12-17-14(2)27(23(29)15-6-8-16(24)9-7-15)20-13-19(25)21(30-3)11-18(17)20/h6-10,12-13H,5,11H2,1-4H3,(H,26,28);6-9,11,13H,4-5,10,12H2,1-3H3,(H,26,28). The highest BCUT2D eigenvalue weighted by molar-refractivity contribution is 6.06. The number of unbranched alkanes of at least 4 members (excludes halogenated alkanes) is 1. The van der Waals surface area contributed by atoms with Crippen LogP contribution in [0.25, 0.3) is 21.8 Å². The van der Waals surface area contributed by atoms with Crippen molar-refractivity contribution in [1.82, 2.24) is 19.8 Å². The number of methoxy groups -OCH3 is 2. The molecule has 2 heterocycles. The number of benzene rings is 4. The van der Waals surface area contributed by atoms with Gasteiger partial charge in [-0.2, -0.15) is 0 Å². The lowest BCUT2D eigenvalue weighted by molar-refractivity contribution is -0.121. The Kier molecular flexibility index (Phi) is 14.5. The number of halogens is 4. The van der Waals surface area contributed by atoms with Crippen LogP contribution in [0.3, 0.4) is 0 Å². The van der Waals surface area contributed by atoms with Gasteiger partial charge in [0.15, 0.2) is 23.1 Å². The van der Waals surface area contributed by atoms with Gasteiger partial charge in [-0.3, -0.25) is 28.3 Å². The fraction of sp³-hybridized carbons (Fsp3) is 0.304. The number of ether oxygens (including phenoxy) is 2. The minimum Gasteiger partial charge on any atom is -0.494 e. The van der Waals surface area contributed by atoms with Gasteiger partial charge in [-0.05, 0) is 105 Å². The molecule has 0 fully saturated rings. The van der Waals surface area contributed by atoms with Crippen LogP contribution < -0.4 is 20.1 Å². The van der Waals surface area contributed by atoms with Crippen LogP contribution in [0.15, 0.2) is 72.8 Å². The van der Waals surface area contributed by atoms with Gasteiger partial charge in [-0.1, -0.05) is 20.3 Å². The molecule has 14 heteroatoms. The Bertz CT molecular complexity index is 2550. The molecule has 0 saturated carbocycles. The third kappa shape index (κ3) is 9.70. The van der Waals surface area contributed by atoms with Crippen molar-refractivity contribution >= 4 is 45.4 Å². The number of fused-ring (bicyclic) bond motifs is 2. The Morgan fingerprint density at radius 3 is 1.45 bits per heavy atom. The molecule has 0 spiro atoms. The van der Waals surface area contributed by atoms with E-state index in [1.54, 1.807) is 13.8 Å². The van der Waals surface area contributed by atoms with Crippen molar-refractivity contribution in [3.63, 3.8) is 0 Å². The van der Waals surface area contributed by atoms with Gasteiger partial charge in [-0.25, -0.2) is 17.6 Å². The summed E-state index contributed by atoms with van der Waals surface area (Å²) in [5.41, 5.74) is 3.44. The summed E-state index contributed by atoms with van der Waals surface area (Å²) in [6.07, 6.45) is 2.69. The summed E-state index contributed by atoms with van der Waals surface area (Å²) in [6.45, 7) is 9.89. The van der Waals surface area contributed by atoms with Crippen LogP contribution >= 0.6 is 0 Å². The first-order valence-corrected chi connectivity index (χ1v) is 19.5. The van der Waals surface area contributed by atoms with Crippen LogP contribution in [0.5, 0.6) is 11.5 Å². The van der Waals surface area contributed by atoms with E-state index in [0.717, 1.165) is 19.3 Å². The third-order valence-electron chi connectivity index (χ3n) is 10.4. The summed E-state index contributed by atoms with van der Waals surface area (Å²) >= 11 is 0. The molecule has 10 nitrogen and oxygen atoms in total.